The third-order valence-electron chi connectivity index (χ3n) is 5.57. The summed E-state index contributed by atoms with van der Waals surface area (Å²) in [6, 6.07) is 16.6. The number of rotatable bonds is 2. The molecule has 0 aromatic heterocycles. The SMILES string of the molecule is CC[C@H]1Cc2ccc3cc(-c4ccc(C#N)c(F)c4)ccc3c2C[C@@H]1F. The van der Waals surface area contributed by atoms with Crippen molar-refractivity contribution in [1.29, 1.82) is 5.26 Å². The maximum atomic E-state index is 14.4. The van der Waals surface area contributed by atoms with Crippen molar-refractivity contribution < 1.29 is 8.78 Å². The molecule has 1 aliphatic carbocycles. The van der Waals surface area contributed by atoms with E-state index >= 15 is 0 Å². The predicted octanol–water partition coefficient (Wildman–Crippen LogP) is 5.98. The standard InChI is InChI=1S/C23H19F2N/c1-2-14-9-18-5-4-17-10-15(7-8-20(17)21(18)12-23(14)25)16-3-6-19(13-26)22(24)11-16/h3-8,10-11,14,23H,2,9,12H2,1H3/t14-,23-/m0/s1. The second-order valence-electron chi connectivity index (χ2n) is 7.04. The Labute approximate surface area is 151 Å². The minimum Gasteiger partial charge on any atom is -0.247 e. The van der Waals surface area contributed by atoms with Gasteiger partial charge in [-0.3, -0.25) is 0 Å². The van der Waals surface area contributed by atoms with Gasteiger partial charge in [-0.15, -0.1) is 0 Å². The molecule has 0 radical (unpaired) electrons. The van der Waals surface area contributed by atoms with Crippen molar-refractivity contribution in [1.82, 2.24) is 0 Å². The highest BCUT2D eigenvalue weighted by molar-refractivity contribution is 5.91. The van der Waals surface area contributed by atoms with E-state index in [1.165, 1.54) is 17.7 Å². The lowest BCUT2D eigenvalue weighted by Gasteiger charge is -2.28. The summed E-state index contributed by atoms with van der Waals surface area (Å²) in [6.45, 7) is 2.05. The Kier molecular flexibility index (Phi) is 4.20. The van der Waals surface area contributed by atoms with Gasteiger partial charge in [-0.05, 0) is 63.6 Å². The van der Waals surface area contributed by atoms with Crippen molar-refractivity contribution in [2.75, 3.05) is 0 Å². The largest absolute Gasteiger partial charge is 0.247 e. The first-order chi connectivity index (χ1) is 12.6. The zero-order valence-corrected chi connectivity index (χ0v) is 14.6. The molecule has 0 saturated heterocycles. The van der Waals surface area contributed by atoms with E-state index in [0.717, 1.165) is 40.3 Å². The fraction of sp³-hybridized carbons (Fsp3) is 0.261. The van der Waals surface area contributed by atoms with E-state index in [2.05, 4.69) is 12.1 Å². The molecule has 0 amide bonds. The minimum atomic E-state index is -0.787. The molecular weight excluding hydrogens is 328 g/mol. The maximum Gasteiger partial charge on any atom is 0.141 e. The van der Waals surface area contributed by atoms with Crippen molar-refractivity contribution in [3.63, 3.8) is 0 Å². The highest BCUT2D eigenvalue weighted by Crippen LogP contribution is 2.36. The predicted molar refractivity (Wildman–Crippen MR) is 100 cm³/mol. The van der Waals surface area contributed by atoms with Gasteiger partial charge >= 0.3 is 0 Å². The van der Waals surface area contributed by atoms with Crippen LogP contribution in [-0.2, 0) is 12.8 Å². The number of nitrogens with zero attached hydrogens (tertiary/aromatic N) is 1. The third-order valence-corrected chi connectivity index (χ3v) is 5.57. The van der Waals surface area contributed by atoms with E-state index in [0.29, 0.717) is 6.42 Å². The topological polar surface area (TPSA) is 23.8 Å². The number of nitriles is 1. The second-order valence-corrected chi connectivity index (χ2v) is 7.04. The molecule has 3 aromatic carbocycles. The number of hydrogen-bond acceptors (Lipinski definition) is 1. The van der Waals surface area contributed by atoms with Gasteiger partial charge in [-0.25, -0.2) is 8.78 Å². The highest BCUT2D eigenvalue weighted by atomic mass is 19.1. The zero-order valence-electron chi connectivity index (χ0n) is 14.6. The first kappa shape index (κ1) is 16.7. The Balaban J connectivity index is 1.78. The molecule has 0 bridgehead atoms. The van der Waals surface area contributed by atoms with Crippen LogP contribution in [0.5, 0.6) is 0 Å². The molecule has 0 N–H and O–H groups in total. The summed E-state index contributed by atoms with van der Waals surface area (Å²) in [5.74, 6) is -0.401. The highest BCUT2D eigenvalue weighted by Gasteiger charge is 2.28. The van der Waals surface area contributed by atoms with Gasteiger partial charge in [0.1, 0.15) is 18.1 Å². The van der Waals surface area contributed by atoms with Gasteiger partial charge < -0.3 is 0 Å². The van der Waals surface area contributed by atoms with E-state index in [4.69, 9.17) is 5.26 Å². The number of benzene rings is 3. The molecule has 1 nitrogen and oxygen atoms in total. The first-order valence-corrected chi connectivity index (χ1v) is 8.99. The lowest BCUT2D eigenvalue weighted by molar-refractivity contribution is 0.208. The Morgan fingerprint density at radius 2 is 1.81 bits per heavy atom. The van der Waals surface area contributed by atoms with E-state index < -0.39 is 12.0 Å². The molecule has 3 heteroatoms. The van der Waals surface area contributed by atoms with Crippen LogP contribution in [0.4, 0.5) is 8.78 Å². The van der Waals surface area contributed by atoms with E-state index in [9.17, 15) is 8.78 Å². The Hall–Kier alpha value is -2.73. The number of fused-ring (bicyclic) bond motifs is 3. The van der Waals surface area contributed by atoms with Crippen LogP contribution in [0.3, 0.4) is 0 Å². The minimum absolute atomic E-state index is 0.0445. The molecule has 130 valence electrons. The third kappa shape index (κ3) is 2.76. The maximum absolute atomic E-state index is 14.4. The van der Waals surface area contributed by atoms with Crippen LogP contribution >= 0.6 is 0 Å². The summed E-state index contributed by atoms with van der Waals surface area (Å²) in [4.78, 5) is 0. The molecule has 0 aliphatic heterocycles. The van der Waals surface area contributed by atoms with Crippen LogP contribution in [0, 0.1) is 23.1 Å². The Morgan fingerprint density at radius 3 is 2.54 bits per heavy atom. The van der Waals surface area contributed by atoms with Crippen molar-refractivity contribution in [2.24, 2.45) is 5.92 Å². The summed E-state index contributed by atoms with van der Waals surface area (Å²) in [6.07, 6.45) is 1.34. The van der Waals surface area contributed by atoms with Gasteiger partial charge in [0.2, 0.25) is 0 Å². The van der Waals surface area contributed by atoms with Crippen molar-refractivity contribution in [3.8, 4) is 17.2 Å². The van der Waals surface area contributed by atoms with E-state index in [1.807, 2.05) is 31.2 Å². The van der Waals surface area contributed by atoms with E-state index in [1.54, 1.807) is 6.07 Å². The fourth-order valence-electron chi connectivity index (χ4n) is 4.01. The zero-order chi connectivity index (χ0) is 18.3. The van der Waals surface area contributed by atoms with Crippen LogP contribution in [0.1, 0.15) is 30.0 Å². The average Bonchev–Trinajstić information content (AvgIpc) is 2.67. The van der Waals surface area contributed by atoms with Gasteiger partial charge in [-0.2, -0.15) is 5.26 Å². The molecule has 0 saturated carbocycles. The molecule has 0 spiro atoms. The Morgan fingerprint density at radius 1 is 1.04 bits per heavy atom. The monoisotopic (exact) mass is 347 g/mol. The summed E-state index contributed by atoms with van der Waals surface area (Å²) in [5.41, 5.74) is 4.02. The van der Waals surface area contributed by atoms with Gasteiger partial charge in [0.25, 0.3) is 0 Å². The van der Waals surface area contributed by atoms with Crippen LogP contribution in [0.25, 0.3) is 21.9 Å². The van der Waals surface area contributed by atoms with Crippen LogP contribution < -0.4 is 0 Å². The number of alkyl halides is 1. The van der Waals surface area contributed by atoms with Crippen LogP contribution in [-0.4, -0.2) is 6.17 Å². The van der Waals surface area contributed by atoms with Gasteiger partial charge in [0.05, 0.1) is 5.56 Å². The van der Waals surface area contributed by atoms with Crippen molar-refractivity contribution >= 4 is 10.8 Å². The van der Waals surface area contributed by atoms with Crippen LogP contribution in [0.15, 0.2) is 48.5 Å². The van der Waals surface area contributed by atoms with Crippen LogP contribution in [0.2, 0.25) is 0 Å². The number of halogens is 2. The van der Waals surface area contributed by atoms with Gasteiger partial charge in [-0.1, -0.05) is 43.7 Å². The summed E-state index contributed by atoms with van der Waals surface area (Å²) >= 11 is 0. The molecular formula is C23H19F2N. The van der Waals surface area contributed by atoms with Crippen molar-refractivity contribution in [3.05, 3.63) is 71.0 Å². The molecule has 0 heterocycles. The summed E-state index contributed by atoms with van der Waals surface area (Å²) < 4.78 is 28.4. The molecule has 4 rings (SSSR count). The first-order valence-electron chi connectivity index (χ1n) is 8.99. The lowest BCUT2D eigenvalue weighted by atomic mass is 9.79. The van der Waals surface area contributed by atoms with E-state index in [-0.39, 0.29) is 11.5 Å². The average molecular weight is 347 g/mol. The normalized spacial score (nSPS) is 19.2. The molecule has 0 unspecified atom stereocenters. The molecule has 0 fully saturated rings. The molecule has 26 heavy (non-hydrogen) atoms. The summed E-state index contributed by atoms with van der Waals surface area (Å²) in [7, 11) is 0. The number of hydrogen-bond donors (Lipinski definition) is 0. The molecule has 2 atom stereocenters. The molecule has 1 aliphatic rings. The van der Waals surface area contributed by atoms with Crippen molar-refractivity contribution in [2.45, 2.75) is 32.4 Å². The van der Waals surface area contributed by atoms with Gasteiger partial charge in [0, 0.05) is 6.42 Å². The molecule has 3 aromatic rings. The van der Waals surface area contributed by atoms with Gasteiger partial charge in [0.15, 0.2) is 0 Å². The second kappa shape index (κ2) is 6.53. The lowest BCUT2D eigenvalue weighted by Crippen LogP contribution is -2.26. The fourth-order valence-corrected chi connectivity index (χ4v) is 4.01. The summed E-state index contributed by atoms with van der Waals surface area (Å²) in [5, 5.41) is 11.0. The quantitative estimate of drug-likeness (QED) is 0.559. The Bertz CT molecular complexity index is 1030. The smallest absolute Gasteiger partial charge is 0.141 e.